The second kappa shape index (κ2) is 12.5. The molecule has 3 rings (SSSR count). The highest BCUT2D eigenvalue weighted by atomic mass is 127. The molecule has 0 spiro atoms. The maximum Gasteiger partial charge on any atom is 0.193 e. The lowest BCUT2D eigenvalue weighted by molar-refractivity contribution is 0.125. The number of nitrogens with zero attached hydrogens (tertiary/aromatic N) is 3. The predicted molar refractivity (Wildman–Crippen MR) is 130 cm³/mol. The van der Waals surface area contributed by atoms with Crippen LogP contribution in [0.4, 0.5) is 5.69 Å². The molecule has 1 heterocycles. The summed E-state index contributed by atoms with van der Waals surface area (Å²) >= 11 is 0. The van der Waals surface area contributed by atoms with Gasteiger partial charge in [-0.1, -0.05) is 42.5 Å². The highest BCUT2D eigenvalue weighted by Crippen LogP contribution is 2.28. The molecule has 2 aromatic rings. The van der Waals surface area contributed by atoms with E-state index in [0.717, 1.165) is 50.1 Å². The molecule has 0 amide bonds. The van der Waals surface area contributed by atoms with Gasteiger partial charge in [0.2, 0.25) is 0 Å². The van der Waals surface area contributed by atoms with Crippen LogP contribution in [0.15, 0.2) is 59.6 Å². The van der Waals surface area contributed by atoms with E-state index >= 15 is 0 Å². The van der Waals surface area contributed by atoms with E-state index in [9.17, 15) is 0 Å². The van der Waals surface area contributed by atoms with Crippen LogP contribution in [0.25, 0.3) is 0 Å². The first-order chi connectivity index (χ1) is 13.8. The highest BCUT2D eigenvalue weighted by Gasteiger charge is 2.21. The van der Waals surface area contributed by atoms with Crippen LogP contribution in [0.1, 0.15) is 5.56 Å². The number of methoxy groups -OCH3 is 1. The Balaban J connectivity index is 0.00000300. The van der Waals surface area contributed by atoms with Crippen LogP contribution in [-0.4, -0.2) is 64.3 Å². The number of hydrogen-bond acceptors (Lipinski definition) is 4. The van der Waals surface area contributed by atoms with E-state index in [0.29, 0.717) is 13.2 Å². The van der Waals surface area contributed by atoms with Crippen molar-refractivity contribution < 1.29 is 9.47 Å². The van der Waals surface area contributed by atoms with Gasteiger partial charge in [-0.25, -0.2) is 0 Å². The zero-order valence-corrected chi connectivity index (χ0v) is 19.5. The highest BCUT2D eigenvalue weighted by molar-refractivity contribution is 14.0. The molecule has 0 bridgehead atoms. The van der Waals surface area contributed by atoms with Crippen molar-refractivity contribution in [3.63, 3.8) is 0 Å². The number of anilines is 1. The third-order valence-corrected chi connectivity index (χ3v) is 4.86. The molecule has 1 aliphatic rings. The van der Waals surface area contributed by atoms with Crippen molar-refractivity contribution in [3.8, 4) is 5.75 Å². The second-order valence-electron chi connectivity index (χ2n) is 6.66. The molecule has 6 nitrogen and oxygen atoms in total. The normalized spacial score (nSPS) is 14.3. The average molecular weight is 510 g/mol. The zero-order valence-electron chi connectivity index (χ0n) is 17.2. The lowest BCUT2D eigenvalue weighted by Crippen LogP contribution is -2.53. The van der Waals surface area contributed by atoms with Crippen LogP contribution in [0.5, 0.6) is 5.75 Å². The molecule has 0 saturated carbocycles. The number of benzene rings is 2. The number of piperazine rings is 1. The van der Waals surface area contributed by atoms with Crippen molar-refractivity contribution >= 4 is 35.6 Å². The van der Waals surface area contributed by atoms with Crippen molar-refractivity contribution in [2.45, 2.75) is 6.61 Å². The molecule has 1 aliphatic heterocycles. The number of halogens is 1. The molecule has 0 unspecified atom stereocenters. The lowest BCUT2D eigenvalue weighted by Gasteiger charge is -2.38. The fourth-order valence-corrected chi connectivity index (χ4v) is 3.38. The van der Waals surface area contributed by atoms with E-state index in [2.05, 4.69) is 44.4 Å². The SMILES string of the molecule is CN=C(NCCOCc1ccccc1)N1CCN(c2ccccc2OC)CC1.I. The van der Waals surface area contributed by atoms with Crippen molar-refractivity contribution in [2.24, 2.45) is 4.99 Å². The largest absolute Gasteiger partial charge is 0.495 e. The number of para-hydroxylation sites is 2. The summed E-state index contributed by atoms with van der Waals surface area (Å²) in [6, 6.07) is 18.4. The molecule has 7 heteroatoms. The van der Waals surface area contributed by atoms with E-state index in [1.807, 2.05) is 37.4 Å². The van der Waals surface area contributed by atoms with Crippen LogP contribution in [-0.2, 0) is 11.3 Å². The van der Waals surface area contributed by atoms with Gasteiger partial charge in [-0.3, -0.25) is 4.99 Å². The van der Waals surface area contributed by atoms with Crippen LogP contribution in [0.2, 0.25) is 0 Å². The molecule has 158 valence electrons. The molecule has 1 fully saturated rings. The molecule has 0 atom stereocenters. The van der Waals surface area contributed by atoms with Crippen molar-refractivity contribution in [2.75, 3.05) is 58.4 Å². The van der Waals surface area contributed by atoms with Crippen LogP contribution in [0.3, 0.4) is 0 Å². The monoisotopic (exact) mass is 510 g/mol. The fraction of sp³-hybridized carbons (Fsp3) is 0.409. The van der Waals surface area contributed by atoms with Gasteiger partial charge in [-0.2, -0.15) is 0 Å². The maximum absolute atomic E-state index is 5.74. The van der Waals surface area contributed by atoms with Gasteiger partial charge in [-0.05, 0) is 17.7 Å². The molecule has 0 radical (unpaired) electrons. The Morgan fingerprint density at radius 1 is 1.00 bits per heavy atom. The Labute approximate surface area is 190 Å². The van der Waals surface area contributed by atoms with Crippen molar-refractivity contribution in [1.29, 1.82) is 0 Å². The van der Waals surface area contributed by atoms with Gasteiger partial charge in [0.25, 0.3) is 0 Å². The number of guanidine groups is 1. The van der Waals surface area contributed by atoms with Gasteiger partial charge in [-0.15, -0.1) is 24.0 Å². The van der Waals surface area contributed by atoms with Crippen LogP contribution in [0, 0.1) is 0 Å². The third-order valence-electron chi connectivity index (χ3n) is 4.86. The smallest absolute Gasteiger partial charge is 0.193 e. The lowest BCUT2D eigenvalue weighted by atomic mass is 10.2. The van der Waals surface area contributed by atoms with Gasteiger partial charge in [0, 0.05) is 39.8 Å². The first kappa shape index (κ1) is 23.3. The number of nitrogens with one attached hydrogen (secondary N) is 1. The molecule has 1 N–H and O–H groups in total. The summed E-state index contributed by atoms with van der Waals surface area (Å²) in [6.07, 6.45) is 0. The van der Waals surface area contributed by atoms with Gasteiger partial charge in [0.15, 0.2) is 5.96 Å². The summed E-state index contributed by atoms with van der Waals surface area (Å²) in [5.41, 5.74) is 2.35. The van der Waals surface area contributed by atoms with Crippen molar-refractivity contribution in [3.05, 3.63) is 60.2 Å². The Hall–Kier alpha value is -2.00. The van der Waals surface area contributed by atoms with Gasteiger partial charge in [0.1, 0.15) is 5.75 Å². The number of rotatable bonds is 7. The molecule has 1 saturated heterocycles. The number of hydrogen-bond donors (Lipinski definition) is 1. The van der Waals surface area contributed by atoms with Gasteiger partial charge in [0.05, 0.1) is 26.0 Å². The Kier molecular flexibility index (Phi) is 10.1. The van der Waals surface area contributed by atoms with E-state index in [-0.39, 0.29) is 24.0 Å². The maximum atomic E-state index is 5.74. The average Bonchev–Trinajstić information content (AvgIpc) is 2.77. The van der Waals surface area contributed by atoms with Gasteiger partial charge >= 0.3 is 0 Å². The minimum Gasteiger partial charge on any atom is -0.495 e. The summed E-state index contributed by atoms with van der Waals surface area (Å²) < 4.78 is 11.2. The summed E-state index contributed by atoms with van der Waals surface area (Å²) in [4.78, 5) is 9.09. The summed E-state index contributed by atoms with van der Waals surface area (Å²) in [5, 5.41) is 3.41. The van der Waals surface area contributed by atoms with Gasteiger partial charge < -0.3 is 24.6 Å². The first-order valence-corrected chi connectivity index (χ1v) is 9.77. The topological polar surface area (TPSA) is 49.3 Å². The predicted octanol–water partition coefficient (Wildman–Crippen LogP) is 3.23. The number of aliphatic imine (C=N–C) groups is 1. The molecular weight excluding hydrogens is 479 g/mol. The molecular formula is C22H31IN4O2. The van der Waals surface area contributed by atoms with E-state index in [1.165, 1.54) is 5.56 Å². The van der Waals surface area contributed by atoms with Crippen LogP contribution < -0.4 is 15.0 Å². The number of ether oxygens (including phenoxy) is 2. The quantitative estimate of drug-likeness (QED) is 0.268. The second-order valence-corrected chi connectivity index (χ2v) is 6.66. The third kappa shape index (κ3) is 6.78. The van der Waals surface area contributed by atoms with Crippen LogP contribution >= 0.6 is 24.0 Å². The standard InChI is InChI=1S/C22H30N4O2.HI/c1-23-22(24-12-17-28-18-19-8-4-3-5-9-19)26-15-13-25(14-16-26)20-10-6-7-11-21(20)27-2;/h3-11H,12-18H2,1-2H3,(H,23,24);1H. The Bertz CT molecular complexity index is 749. The van der Waals surface area contributed by atoms with E-state index in [1.54, 1.807) is 7.11 Å². The van der Waals surface area contributed by atoms with E-state index in [4.69, 9.17) is 9.47 Å². The Morgan fingerprint density at radius 3 is 2.38 bits per heavy atom. The fourth-order valence-electron chi connectivity index (χ4n) is 3.38. The summed E-state index contributed by atoms with van der Waals surface area (Å²) in [6.45, 7) is 5.74. The minimum absolute atomic E-state index is 0. The minimum atomic E-state index is 0. The van der Waals surface area contributed by atoms with Crippen molar-refractivity contribution in [1.82, 2.24) is 10.2 Å². The van der Waals surface area contributed by atoms with E-state index < -0.39 is 0 Å². The summed E-state index contributed by atoms with van der Waals surface area (Å²) in [7, 11) is 3.56. The molecule has 29 heavy (non-hydrogen) atoms. The Morgan fingerprint density at radius 2 is 1.69 bits per heavy atom. The summed E-state index contributed by atoms with van der Waals surface area (Å²) in [5.74, 6) is 1.86. The zero-order chi connectivity index (χ0) is 19.6. The molecule has 0 aromatic heterocycles. The molecule has 0 aliphatic carbocycles. The first-order valence-electron chi connectivity index (χ1n) is 9.77. The molecule has 2 aromatic carbocycles.